The Bertz CT molecular complexity index is 1610. The molecule has 0 bridgehead atoms. The van der Waals surface area contributed by atoms with Gasteiger partial charge in [-0.1, -0.05) is 12.1 Å². The van der Waals surface area contributed by atoms with Gasteiger partial charge in [-0.2, -0.15) is 5.10 Å². The summed E-state index contributed by atoms with van der Waals surface area (Å²) in [6.45, 7) is 3.38. The summed E-state index contributed by atoms with van der Waals surface area (Å²) in [5.74, 6) is -0.143. The number of nitrogens with one attached hydrogen (secondary N) is 3. The smallest absolute Gasteiger partial charge is 0.290 e. The molecule has 0 unspecified atom stereocenters. The molecule has 5 N–H and O–H groups in total. The number of carbonyl (C=O) groups excluding carboxylic acids is 1. The quantitative estimate of drug-likeness (QED) is 0.214. The molecular weight excluding hydrogens is 540 g/mol. The van der Waals surface area contributed by atoms with Gasteiger partial charge in [-0.05, 0) is 69.2 Å². The Labute approximate surface area is 242 Å². The number of nitrogens with zero attached hydrogens (tertiary/aromatic N) is 3. The number of hydrogen-bond donors (Lipinski definition) is 5. The Morgan fingerprint density at radius 1 is 1.20 bits per heavy atom. The Kier molecular flexibility index (Phi) is 7.87. The molecule has 2 aliphatic rings. The van der Waals surface area contributed by atoms with Crippen LogP contribution in [0.15, 0.2) is 40.8 Å². The molecule has 0 radical (unpaired) electrons. The van der Waals surface area contributed by atoms with Gasteiger partial charge in [0.05, 0.1) is 28.5 Å². The van der Waals surface area contributed by atoms with Crippen LogP contribution < -0.4 is 21.1 Å². The van der Waals surface area contributed by atoms with E-state index in [-0.39, 0.29) is 24.0 Å². The Hall–Kier alpha value is -3.80. The lowest BCUT2D eigenvalue weighted by atomic mass is 9.91. The van der Waals surface area contributed by atoms with Crippen molar-refractivity contribution in [2.75, 3.05) is 23.8 Å². The van der Waals surface area contributed by atoms with Gasteiger partial charge in [-0.15, -0.1) is 11.3 Å². The van der Waals surface area contributed by atoms with Crippen molar-refractivity contribution >= 4 is 34.5 Å². The molecule has 5 rings (SSSR count). The topological polar surface area (TPSA) is 144 Å². The lowest BCUT2D eigenvalue weighted by Crippen LogP contribution is -2.37. The van der Waals surface area contributed by atoms with Gasteiger partial charge in [0.1, 0.15) is 11.5 Å². The highest BCUT2D eigenvalue weighted by Crippen LogP contribution is 2.40. The van der Waals surface area contributed by atoms with Gasteiger partial charge in [-0.25, -0.2) is 4.68 Å². The van der Waals surface area contributed by atoms with E-state index >= 15 is 0 Å². The Morgan fingerprint density at radius 2 is 1.95 bits per heavy atom. The lowest BCUT2D eigenvalue weighted by Gasteiger charge is -2.30. The second-order valence-electron chi connectivity index (χ2n) is 11.0. The number of aryl methyl sites for hydroxylation is 2. The maximum absolute atomic E-state index is 13.7. The predicted octanol–water partition coefficient (Wildman–Crippen LogP) is 3.35. The molecule has 1 aliphatic carbocycles. The van der Waals surface area contributed by atoms with Crippen molar-refractivity contribution in [3.05, 3.63) is 72.8 Å². The summed E-state index contributed by atoms with van der Waals surface area (Å²) < 4.78 is 1.17. The van der Waals surface area contributed by atoms with E-state index < -0.39 is 11.2 Å². The van der Waals surface area contributed by atoms with Crippen LogP contribution in [-0.4, -0.2) is 50.9 Å². The largest absolute Gasteiger partial charge is 0.392 e. The van der Waals surface area contributed by atoms with Gasteiger partial charge in [0.15, 0.2) is 0 Å². The van der Waals surface area contributed by atoms with Gasteiger partial charge in [0.25, 0.3) is 11.5 Å². The molecule has 0 fully saturated rings. The van der Waals surface area contributed by atoms with Crippen LogP contribution in [-0.2, 0) is 32.9 Å². The molecule has 3 heterocycles. The minimum atomic E-state index is -1.21. The van der Waals surface area contributed by atoms with Crippen molar-refractivity contribution in [3.63, 3.8) is 0 Å². The number of hydrogen-bond acceptors (Lipinski definition) is 8. The number of likely N-dealkylation sites (N-methyl/N-ethyl adjacent to an activating group) is 1. The SMILES string of the molecule is CN/C(=C\C(=N)Nc1cc(-c2cccc(N3CCc4c(sc5c4CCCC5)C3=O)c2CO)nn(C)c1=O)C(C)(C)O. The molecule has 2 aromatic heterocycles. The van der Waals surface area contributed by atoms with Crippen LogP contribution in [0, 0.1) is 5.41 Å². The summed E-state index contributed by atoms with van der Waals surface area (Å²) >= 11 is 1.62. The van der Waals surface area contributed by atoms with E-state index in [4.69, 9.17) is 5.41 Å². The first-order valence-corrected chi connectivity index (χ1v) is 14.6. The fourth-order valence-electron chi connectivity index (χ4n) is 5.69. The van der Waals surface area contributed by atoms with Crippen LogP contribution in [0.4, 0.5) is 11.4 Å². The summed E-state index contributed by atoms with van der Waals surface area (Å²) in [7, 11) is 3.16. The predicted molar refractivity (Wildman–Crippen MR) is 162 cm³/mol. The minimum Gasteiger partial charge on any atom is -0.392 e. The van der Waals surface area contributed by atoms with Crippen molar-refractivity contribution in [2.45, 2.75) is 58.2 Å². The van der Waals surface area contributed by atoms with Crippen LogP contribution in [0.25, 0.3) is 11.3 Å². The molecule has 0 spiro atoms. The number of thiophene rings is 1. The minimum absolute atomic E-state index is 0.0411. The van der Waals surface area contributed by atoms with Crippen LogP contribution in [0.5, 0.6) is 0 Å². The highest BCUT2D eigenvalue weighted by molar-refractivity contribution is 7.14. The van der Waals surface area contributed by atoms with Gasteiger partial charge >= 0.3 is 0 Å². The highest BCUT2D eigenvalue weighted by Gasteiger charge is 2.33. The fraction of sp³-hybridized carbons (Fsp3) is 0.400. The van der Waals surface area contributed by atoms with Crippen LogP contribution in [0.3, 0.4) is 0 Å². The molecule has 41 heavy (non-hydrogen) atoms. The average Bonchev–Trinajstić information content (AvgIpc) is 3.33. The van der Waals surface area contributed by atoms with Crippen LogP contribution >= 0.6 is 11.3 Å². The van der Waals surface area contributed by atoms with Crippen molar-refractivity contribution in [1.29, 1.82) is 5.41 Å². The molecule has 1 aliphatic heterocycles. The van der Waals surface area contributed by atoms with Gasteiger partial charge in [0.2, 0.25) is 0 Å². The summed E-state index contributed by atoms with van der Waals surface area (Å²) in [6, 6.07) is 6.99. The maximum Gasteiger partial charge on any atom is 0.290 e. The molecule has 0 atom stereocenters. The summed E-state index contributed by atoms with van der Waals surface area (Å²) in [5, 5.41) is 39.3. The van der Waals surface area contributed by atoms with Crippen molar-refractivity contribution in [1.82, 2.24) is 15.1 Å². The van der Waals surface area contributed by atoms with Crippen molar-refractivity contribution < 1.29 is 15.0 Å². The molecule has 0 saturated heterocycles. The van der Waals surface area contributed by atoms with E-state index in [9.17, 15) is 19.8 Å². The third-order valence-corrected chi connectivity index (χ3v) is 9.05. The highest BCUT2D eigenvalue weighted by atomic mass is 32.1. The third kappa shape index (κ3) is 5.44. The van der Waals surface area contributed by atoms with Gasteiger partial charge in [-0.3, -0.25) is 15.0 Å². The standard InChI is InChI=1S/C30H36N6O4S/c1-30(2,40)25(32-3)15-26(31)33-22-14-21(34-35(4)28(22)38)17-9-7-10-23(20(17)16-37)36-13-12-19-18-8-5-6-11-24(18)41-27(19)29(36)39/h7,9-10,14-15,32,37,40H,5-6,8,11-13,16H2,1-4H3,(H2,31,33)/b25-15-. The van der Waals surface area contributed by atoms with E-state index in [1.165, 1.54) is 46.3 Å². The first kappa shape index (κ1) is 28.7. The van der Waals surface area contributed by atoms with Gasteiger partial charge < -0.3 is 25.7 Å². The number of carbonyl (C=O) groups is 1. The van der Waals surface area contributed by atoms with E-state index in [0.717, 1.165) is 30.6 Å². The van der Waals surface area contributed by atoms with Crippen LogP contribution in [0.2, 0.25) is 0 Å². The third-order valence-electron chi connectivity index (χ3n) is 7.73. The number of anilines is 2. The Morgan fingerprint density at radius 3 is 2.66 bits per heavy atom. The first-order chi connectivity index (χ1) is 19.5. The number of benzene rings is 1. The van der Waals surface area contributed by atoms with E-state index in [2.05, 4.69) is 15.7 Å². The molecule has 1 amide bonds. The van der Waals surface area contributed by atoms with E-state index in [0.29, 0.717) is 34.8 Å². The number of aliphatic hydroxyl groups is 2. The number of amides is 1. The lowest BCUT2D eigenvalue weighted by molar-refractivity contribution is 0.0984. The summed E-state index contributed by atoms with van der Waals surface area (Å²) in [5.41, 5.74) is 3.59. The van der Waals surface area contributed by atoms with Gasteiger partial charge in [0, 0.05) is 48.4 Å². The molecule has 0 saturated carbocycles. The summed E-state index contributed by atoms with van der Waals surface area (Å²) in [4.78, 5) is 30.5. The molecule has 11 heteroatoms. The molecule has 216 valence electrons. The van der Waals surface area contributed by atoms with E-state index in [1.807, 2.05) is 12.1 Å². The number of amidine groups is 1. The van der Waals surface area contributed by atoms with E-state index in [1.54, 1.807) is 43.2 Å². The molecule has 3 aromatic rings. The molecule has 1 aromatic carbocycles. The van der Waals surface area contributed by atoms with Crippen molar-refractivity contribution in [2.24, 2.45) is 7.05 Å². The second kappa shape index (κ2) is 11.2. The summed E-state index contributed by atoms with van der Waals surface area (Å²) in [6.07, 6.45) is 6.60. The van der Waals surface area contributed by atoms with Crippen LogP contribution in [0.1, 0.15) is 57.9 Å². The Balaban J connectivity index is 1.51. The number of aliphatic hydroxyl groups excluding tert-OH is 1. The fourth-order valence-corrected chi connectivity index (χ4v) is 7.08. The van der Waals surface area contributed by atoms with Crippen molar-refractivity contribution in [3.8, 4) is 11.3 Å². The normalized spacial score (nSPS) is 15.4. The number of aromatic nitrogens is 2. The number of fused-ring (bicyclic) bond motifs is 3. The molecule has 10 nitrogen and oxygen atoms in total. The first-order valence-electron chi connectivity index (χ1n) is 13.8. The average molecular weight is 577 g/mol. The zero-order valence-corrected chi connectivity index (χ0v) is 24.6. The second-order valence-corrected chi connectivity index (χ2v) is 12.1. The maximum atomic E-state index is 13.7. The zero-order valence-electron chi connectivity index (χ0n) is 23.8. The zero-order chi connectivity index (χ0) is 29.5. The number of rotatable bonds is 7. The molecular formula is C30H36N6O4S. The monoisotopic (exact) mass is 576 g/mol.